The molecule has 0 saturated heterocycles. The lowest BCUT2D eigenvalue weighted by Crippen LogP contribution is -2.12. The number of rotatable bonds is 5. The van der Waals surface area contributed by atoms with Crippen molar-refractivity contribution in [1.29, 1.82) is 0 Å². The molecule has 1 aromatic carbocycles. The van der Waals surface area contributed by atoms with E-state index < -0.39 is 0 Å². The molecule has 2 aromatic rings. The molecule has 0 fully saturated rings. The molecule has 96 valence electrons. The Balaban J connectivity index is 2.01. The van der Waals surface area contributed by atoms with Gasteiger partial charge in [-0.2, -0.15) is 5.10 Å². The number of hydrogen-bond acceptors (Lipinski definition) is 3. The minimum absolute atomic E-state index is 0.0437. The molecule has 0 spiro atoms. The first-order valence-electron chi connectivity index (χ1n) is 5.82. The number of aromatic nitrogens is 2. The van der Waals surface area contributed by atoms with E-state index in [2.05, 4.69) is 21.0 Å². The van der Waals surface area contributed by atoms with Crippen molar-refractivity contribution in [3.63, 3.8) is 0 Å². The fourth-order valence-electron chi connectivity index (χ4n) is 1.69. The van der Waals surface area contributed by atoms with Crippen LogP contribution in [0.1, 0.15) is 18.5 Å². The summed E-state index contributed by atoms with van der Waals surface area (Å²) in [6.07, 6.45) is 3.67. The van der Waals surface area contributed by atoms with Crippen LogP contribution in [0.4, 0.5) is 0 Å². The summed E-state index contributed by atoms with van der Waals surface area (Å²) in [5, 5.41) is 4.13. The summed E-state index contributed by atoms with van der Waals surface area (Å²) in [5.41, 5.74) is 6.93. The lowest BCUT2D eigenvalue weighted by atomic mass is 10.1. The minimum Gasteiger partial charge on any atom is -0.491 e. The van der Waals surface area contributed by atoms with Gasteiger partial charge in [0.2, 0.25) is 0 Å². The van der Waals surface area contributed by atoms with Gasteiger partial charge in [-0.25, -0.2) is 0 Å². The second-order valence-corrected chi connectivity index (χ2v) is 5.00. The van der Waals surface area contributed by atoms with Crippen molar-refractivity contribution >= 4 is 15.9 Å². The Hall–Kier alpha value is -1.33. The van der Waals surface area contributed by atoms with E-state index in [1.165, 1.54) is 0 Å². The normalized spacial score (nSPS) is 12.4. The quantitative estimate of drug-likeness (QED) is 0.924. The van der Waals surface area contributed by atoms with Gasteiger partial charge < -0.3 is 10.5 Å². The van der Waals surface area contributed by atoms with E-state index in [-0.39, 0.29) is 6.04 Å². The Kier molecular flexibility index (Phi) is 4.38. The third kappa shape index (κ3) is 3.34. The monoisotopic (exact) mass is 309 g/mol. The number of halogens is 1. The van der Waals surface area contributed by atoms with E-state index >= 15 is 0 Å². The van der Waals surface area contributed by atoms with Crippen molar-refractivity contribution in [1.82, 2.24) is 9.78 Å². The smallest absolute Gasteiger partial charge is 0.125 e. The average molecular weight is 310 g/mol. The number of ether oxygens (including phenoxy) is 1. The molecule has 4 nitrogen and oxygen atoms in total. The summed E-state index contributed by atoms with van der Waals surface area (Å²) in [6, 6.07) is 7.75. The van der Waals surface area contributed by atoms with Crippen LogP contribution in [-0.2, 0) is 6.54 Å². The Morgan fingerprint density at radius 2 is 2.33 bits per heavy atom. The SMILES string of the molecule is CC(N)c1ccc(Br)cc1OCCn1cccn1. The zero-order chi connectivity index (χ0) is 13.0. The number of nitrogens with zero attached hydrogens (tertiary/aromatic N) is 2. The molecule has 0 radical (unpaired) electrons. The van der Waals surface area contributed by atoms with Crippen molar-refractivity contribution in [3.05, 3.63) is 46.7 Å². The maximum Gasteiger partial charge on any atom is 0.125 e. The summed E-state index contributed by atoms with van der Waals surface area (Å²) in [5.74, 6) is 0.825. The molecular formula is C13H16BrN3O. The highest BCUT2D eigenvalue weighted by molar-refractivity contribution is 9.10. The van der Waals surface area contributed by atoms with Crippen molar-refractivity contribution in [2.45, 2.75) is 19.5 Å². The molecule has 1 unspecified atom stereocenters. The predicted octanol–water partition coefficient (Wildman–Crippen LogP) is 2.74. The van der Waals surface area contributed by atoms with Crippen molar-refractivity contribution in [2.24, 2.45) is 5.73 Å². The summed E-state index contributed by atoms with van der Waals surface area (Å²) in [4.78, 5) is 0. The molecule has 0 aliphatic carbocycles. The summed E-state index contributed by atoms with van der Waals surface area (Å²) in [6.45, 7) is 3.24. The van der Waals surface area contributed by atoms with Gasteiger partial charge in [-0.1, -0.05) is 22.0 Å². The zero-order valence-corrected chi connectivity index (χ0v) is 11.8. The molecule has 18 heavy (non-hydrogen) atoms. The first kappa shape index (κ1) is 13.1. The Labute approximate surface area is 115 Å². The van der Waals surface area contributed by atoms with Crippen molar-refractivity contribution in [2.75, 3.05) is 6.61 Å². The van der Waals surface area contributed by atoms with Crippen molar-refractivity contribution in [3.8, 4) is 5.75 Å². The van der Waals surface area contributed by atoms with Gasteiger partial charge in [0.15, 0.2) is 0 Å². The Morgan fingerprint density at radius 1 is 1.50 bits per heavy atom. The zero-order valence-electron chi connectivity index (χ0n) is 10.2. The van der Waals surface area contributed by atoms with E-state index in [9.17, 15) is 0 Å². The van der Waals surface area contributed by atoms with Gasteiger partial charge in [0.25, 0.3) is 0 Å². The summed E-state index contributed by atoms with van der Waals surface area (Å²) < 4.78 is 8.61. The fraction of sp³-hybridized carbons (Fsp3) is 0.308. The number of nitrogens with two attached hydrogens (primary N) is 1. The van der Waals surface area contributed by atoms with E-state index in [0.29, 0.717) is 6.61 Å². The summed E-state index contributed by atoms with van der Waals surface area (Å²) in [7, 11) is 0. The van der Waals surface area contributed by atoms with Crippen LogP contribution in [0.25, 0.3) is 0 Å². The maximum atomic E-state index is 5.92. The molecule has 5 heteroatoms. The molecule has 0 saturated carbocycles. The molecule has 2 rings (SSSR count). The second-order valence-electron chi connectivity index (χ2n) is 4.09. The molecule has 1 atom stereocenters. The third-order valence-electron chi connectivity index (χ3n) is 2.60. The van der Waals surface area contributed by atoms with Crippen molar-refractivity contribution < 1.29 is 4.74 Å². The highest BCUT2D eigenvalue weighted by Gasteiger charge is 2.08. The highest BCUT2D eigenvalue weighted by Crippen LogP contribution is 2.27. The van der Waals surface area contributed by atoms with Gasteiger partial charge >= 0.3 is 0 Å². The number of benzene rings is 1. The van der Waals surface area contributed by atoms with E-state index in [0.717, 1.165) is 22.3 Å². The molecular weight excluding hydrogens is 294 g/mol. The first-order chi connectivity index (χ1) is 8.66. The average Bonchev–Trinajstić information content (AvgIpc) is 2.82. The van der Waals surface area contributed by atoms with Gasteiger partial charge in [-0.3, -0.25) is 4.68 Å². The third-order valence-corrected chi connectivity index (χ3v) is 3.10. The van der Waals surface area contributed by atoms with Gasteiger partial charge in [-0.15, -0.1) is 0 Å². The standard InChI is InChI=1S/C13H16BrN3O/c1-10(15)12-4-3-11(14)9-13(12)18-8-7-17-6-2-5-16-17/h2-6,9-10H,7-8,15H2,1H3. The van der Waals surface area contributed by atoms with Gasteiger partial charge in [0.05, 0.1) is 6.54 Å². The Bertz CT molecular complexity index is 497. The first-order valence-corrected chi connectivity index (χ1v) is 6.61. The van der Waals surface area contributed by atoms with E-state index in [4.69, 9.17) is 10.5 Å². The van der Waals surface area contributed by atoms with Crippen LogP contribution in [0.15, 0.2) is 41.1 Å². The lowest BCUT2D eigenvalue weighted by Gasteiger charge is -2.14. The van der Waals surface area contributed by atoms with E-state index in [1.54, 1.807) is 6.20 Å². The second kappa shape index (κ2) is 6.02. The van der Waals surface area contributed by atoms with Crippen LogP contribution in [-0.4, -0.2) is 16.4 Å². The van der Waals surface area contributed by atoms with Crippen LogP contribution < -0.4 is 10.5 Å². The Morgan fingerprint density at radius 3 is 3.00 bits per heavy atom. The molecule has 2 N–H and O–H groups in total. The maximum absolute atomic E-state index is 5.92. The van der Waals surface area contributed by atoms with Gasteiger partial charge in [0, 0.05) is 28.5 Å². The minimum atomic E-state index is -0.0437. The summed E-state index contributed by atoms with van der Waals surface area (Å²) >= 11 is 3.44. The van der Waals surface area contributed by atoms with Crippen LogP contribution in [0.2, 0.25) is 0 Å². The molecule has 0 bridgehead atoms. The largest absolute Gasteiger partial charge is 0.491 e. The molecule has 0 amide bonds. The van der Waals surface area contributed by atoms with Crippen LogP contribution >= 0.6 is 15.9 Å². The molecule has 1 aromatic heterocycles. The van der Waals surface area contributed by atoms with Crippen LogP contribution in [0, 0.1) is 0 Å². The molecule has 1 heterocycles. The van der Waals surface area contributed by atoms with E-state index in [1.807, 2.05) is 42.1 Å². The topological polar surface area (TPSA) is 53.1 Å². The lowest BCUT2D eigenvalue weighted by molar-refractivity contribution is 0.287. The highest BCUT2D eigenvalue weighted by atomic mass is 79.9. The van der Waals surface area contributed by atoms with Crippen LogP contribution in [0.5, 0.6) is 5.75 Å². The molecule has 0 aliphatic rings. The fourth-order valence-corrected chi connectivity index (χ4v) is 2.03. The van der Waals surface area contributed by atoms with Crippen LogP contribution in [0.3, 0.4) is 0 Å². The molecule has 0 aliphatic heterocycles. The predicted molar refractivity (Wildman–Crippen MR) is 74.5 cm³/mol. The number of hydrogen-bond donors (Lipinski definition) is 1. The van der Waals surface area contributed by atoms with Gasteiger partial charge in [-0.05, 0) is 25.1 Å². The van der Waals surface area contributed by atoms with Gasteiger partial charge in [0.1, 0.15) is 12.4 Å².